The van der Waals surface area contributed by atoms with Crippen molar-refractivity contribution >= 4 is 11.6 Å². The lowest BCUT2D eigenvalue weighted by Gasteiger charge is -2.06. The number of carbonyl (C=O) groups is 1. The molecule has 0 aliphatic rings. The van der Waals surface area contributed by atoms with E-state index in [0.29, 0.717) is 16.2 Å². The number of rotatable bonds is 3. The molecule has 2 aromatic rings. The van der Waals surface area contributed by atoms with E-state index in [1.165, 1.54) is 12.3 Å². The first-order valence-electron chi connectivity index (χ1n) is 5.34. The number of hydrogen-bond acceptors (Lipinski definition) is 3. The predicted octanol–water partition coefficient (Wildman–Crippen LogP) is 1.58. The Bertz CT molecular complexity index is 570. The average Bonchev–Trinajstić information content (AvgIpc) is 2.39. The third-order valence-electron chi connectivity index (χ3n) is 2.38. The van der Waals surface area contributed by atoms with Crippen LogP contribution in [0.15, 0.2) is 48.7 Å². The third kappa shape index (κ3) is 2.57. The maximum Gasteiger partial charge on any atom is 0.321 e. The average molecular weight is 244 g/mol. The van der Waals surface area contributed by atoms with E-state index in [4.69, 9.17) is 4.74 Å². The smallest absolute Gasteiger partial charge is 0.321 e. The number of carbonyl (C=O) groups excluding carboxylic acids is 1. The molecule has 0 aliphatic carbocycles. The Morgan fingerprint density at radius 2 is 2.11 bits per heavy atom. The molecule has 5 heteroatoms. The number of aromatic nitrogens is 1. The molecule has 5 nitrogen and oxygen atoms in total. The van der Waals surface area contributed by atoms with Crippen LogP contribution in [0, 0.1) is 5.21 Å². The standard InChI is InChI=1S/C13H12N2O3/c1-18-11-6-4-5-10(9-11)14-13(16)12-7-2-3-8-15(12)17/h2-9H,1H3,(H,14,16). The van der Waals surface area contributed by atoms with E-state index in [9.17, 15) is 10.0 Å². The number of nitrogens with zero attached hydrogens (tertiary/aromatic N) is 1. The molecule has 0 saturated carbocycles. The van der Waals surface area contributed by atoms with E-state index in [0.717, 1.165) is 0 Å². The molecule has 0 radical (unpaired) electrons. The quantitative estimate of drug-likeness (QED) is 0.658. The van der Waals surface area contributed by atoms with E-state index >= 15 is 0 Å². The van der Waals surface area contributed by atoms with E-state index in [2.05, 4.69) is 5.32 Å². The molecule has 1 aromatic carbocycles. The van der Waals surface area contributed by atoms with Crippen molar-refractivity contribution in [2.75, 3.05) is 12.4 Å². The number of methoxy groups -OCH3 is 1. The van der Waals surface area contributed by atoms with Crippen LogP contribution in [0.25, 0.3) is 0 Å². The lowest BCUT2D eigenvalue weighted by atomic mass is 10.2. The van der Waals surface area contributed by atoms with Crippen molar-refractivity contribution in [3.8, 4) is 5.75 Å². The van der Waals surface area contributed by atoms with E-state index in [1.807, 2.05) is 0 Å². The second kappa shape index (κ2) is 5.18. The summed E-state index contributed by atoms with van der Waals surface area (Å²) in [6.07, 6.45) is 1.28. The highest BCUT2D eigenvalue weighted by molar-refractivity contribution is 6.01. The van der Waals surface area contributed by atoms with Crippen molar-refractivity contribution in [2.45, 2.75) is 0 Å². The molecule has 1 aromatic heterocycles. The summed E-state index contributed by atoms with van der Waals surface area (Å²) in [5.74, 6) is 0.176. The second-order valence-electron chi connectivity index (χ2n) is 3.60. The van der Waals surface area contributed by atoms with Gasteiger partial charge in [0, 0.05) is 23.9 Å². The Kier molecular flexibility index (Phi) is 3.43. The molecule has 0 aliphatic heterocycles. The maximum atomic E-state index is 11.9. The minimum Gasteiger partial charge on any atom is -0.618 e. The first kappa shape index (κ1) is 11.9. The molecule has 92 valence electrons. The molecule has 0 spiro atoms. The topological polar surface area (TPSA) is 65.3 Å². The maximum absolute atomic E-state index is 11.9. The van der Waals surface area contributed by atoms with Crippen LogP contribution >= 0.6 is 0 Å². The molecule has 1 heterocycles. The highest BCUT2D eigenvalue weighted by Crippen LogP contribution is 2.16. The normalized spacial score (nSPS) is 9.83. The lowest BCUT2D eigenvalue weighted by Crippen LogP contribution is -2.36. The van der Waals surface area contributed by atoms with Crippen LogP contribution in [-0.4, -0.2) is 13.0 Å². The minimum absolute atomic E-state index is 0.0420. The van der Waals surface area contributed by atoms with E-state index < -0.39 is 5.91 Å². The monoisotopic (exact) mass is 244 g/mol. The van der Waals surface area contributed by atoms with Gasteiger partial charge in [-0.25, -0.2) is 0 Å². The Morgan fingerprint density at radius 3 is 2.83 bits per heavy atom. The van der Waals surface area contributed by atoms with Crippen molar-refractivity contribution < 1.29 is 14.3 Å². The van der Waals surface area contributed by atoms with Crippen LogP contribution in [0.1, 0.15) is 10.5 Å². The molecule has 0 atom stereocenters. The number of anilines is 1. The van der Waals surface area contributed by atoms with Gasteiger partial charge in [0.2, 0.25) is 0 Å². The van der Waals surface area contributed by atoms with Crippen LogP contribution in [-0.2, 0) is 0 Å². The first-order valence-corrected chi connectivity index (χ1v) is 5.34. The molecule has 18 heavy (non-hydrogen) atoms. The molecule has 0 fully saturated rings. The molecular weight excluding hydrogens is 232 g/mol. The lowest BCUT2D eigenvalue weighted by molar-refractivity contribution is -0.607. The minimum atomic E-state index is -0.459. The molecule has 0 bridgehead atoms. The van der Waals surface area contributed by atoms with Crippen LogP contribution < -0.4 is 14.8 Å². The Hall–Kier alpha value is -2.56. The van der Waals surface area contributed by atoms with Gasteiger partial charge in [-0.1, -0.05) is 6.07 Å². The summed E-state index contributed by atoms with van der Waals surface area (Å²) in [7, 11) is 1.55. The van der Waals surface area contributed by atoms with Crippen LogP contribution in [0.2, 0.25) is 0 Å². The van der Waals surface area contributed by atoms with Gasteiger partial charge in [-0.3, -0.25) is 4.79 Å². The van der Waals surface area contributed by atoms with Gasteiger partial charge in [-0.05, 0) is 18.2 Å². The summed E-state index contributed by atoms with van der Waals surface area (Å²) < 4.78 is 5.57. The fourth-order valence-corrected chi connectivity index (χ4v) is 1.50. The van der Waals surface area contributed by atoms with Gasteiger partial charge in [-0.15, -0.1) is 0 Å². The summed E-state index contributed by atoms with van der Waals surface area (Å²) in [6, 6.07) is 11.6. The summed E-state index contributed by atoms with van der Waals surface area (Å²) in [6.45, 7) is 0. The molecule has 0 unspecified atom stereocenters. The highest BCUT2D eigenvalue weighted by atomic mass is 16.5. The van der Waals surface area contributed by atoms with Crippen LogP contribution in [0.4, 0.5) is 5.69 Å². The number of nitrogens with one attached hydrogen (secondary N) is 1. The van der Waals surface area contributed by atoms with Gasteiger partial charge in [0.1, 0.15) is 5.75 Å². The molecule has 1 amide bonds. The summed E-state index contributed by atoms with van der Waals surface area (Å²) in [4.78, 5) is 11.9. The van der Waals surface area contributed by atoms with Crippen LogP contribution in [0.3, 0.4) is 0 Å². The van der Waals surface area contributed by atoms with Gasteiger partial charge < -0.3 is 15.3 Å². The number of amides is 1. The molecular formula is C13H12N2O3. The number of benzene rings is 1. The van der Waals surface area contributed by atoms with Gasteiger partial charge in [0.25, 0.3) is 5.69 Å². The fourth-order valence-electron chi connectivity index (χ4n) is 1.50. The summed E-state index contributed by atoms with van der Waals surface area (Å²) in [5, 5.41) is 14.0. The van der Waals surface area contributed by atoms with Gasteiger partial charge in [0.05, 0.1) is 7.11 Å². The zero-order valence-electron chi connectivity index (χ0n) is 9.79. The molecule has 0 saturated heterocycles. The number of pyridine rings is 1. The van der Waals surface area contributed by atoms with E-state index in [1.54, 1.807) is 43.5 Å². The number of hydrogen-bond donors (Lipinski definition) is 1. The van der Waals surface area contributed by atoms with Gasteiger partial charge >= 0.3 is 5.91 Å². The summed E-state index contributed by atoms with van der Waals surface area (Å²) >= 11 is 0. The first-order chi connectivity index (χ1) is 8.70. The number of ether oxygens (including phenoxy) is 1. The summed E-state index contributed by atoms with van der Waals surface area (Å²) in [5.41, 5.74) is 0.614. The van der Waals surface area contributed by atoms with Crippen molar-refractivity contribution in [1.82, 2.24) is 0 Å². The highest BCUT2D eigenvalue weighted by Gasteiger charge is 2.14. The fraction of sp³-hybridized carbons (Fsp3) is 0.0769. The van der Waals surface area contributed by atoms with Crippen molar-refractivity contribution in [1.29, 1.82) is 0 Å². The van der Waals surface area contributed by atoms with Gasteiger partial charge in [0.15, 0.2) is 6.20 Å². The SMILES string of the molecule is COc1cccc(NC(=O)c2cccc[n+]2[O-])c1. The van der Waals surface area contributed by atoms with Crippen molar-refractivity contribution in [3.63, 3.8) is 0 Å². The van der Waals surface area contributed by atoms with Gasteiger partial charge in [-0.2, -0.15) is 4.73 Å². The molecule has 2 rings (SSSR count). The zero-order valence-corrected chi connectivity index (χ0v) is 9.79. The van der Waals surface area contributed by atoms with Crippen molar-refractivity contribution in [2.24, 2.45) is 0 Å². The van der Waals surface area contributed by atoms with Crippen LogP contribution in [0.5, 0.6) is 5.75 Å². The third-order valence-corrected chi connectivity index (χ3v) is 2.38. The van der Waals surface area contributed by atoms with Crippen molar-refractivity contribution in [3.05, 3.63) is 59.6 Å². The Labute approximate surface area is 104 Å². The van der Waals surface area contributed by atoms with E-state index in [-0.39, 0.29) is 5.69 Å². The zero-order chi connectivity index (χ0) is 13.0. The second-order valence-corrected chi connectivity index (χ2v) is 3.60. The molecule has 1 N–H and O–H groups in total. The largest absolute Gasteiger partial charge is 0.618 e. The Balaban J connectivity index is 2.19. The Morgan fingerprint density at radius 1 is 1.28 bits per heavy atom. The predicted molar refractivity (Wildman–Crippen MR) is 66.3 cm³/mol.